The van der Waals surface area contributed by atoms with Crippen LogP contribution in [0.25, 0.3) is 5.69 Å². The average molecular weight is 448 g/mol. The predicted molar refractivity (Wildman–Crippen MR) is 119 cm³/mol. The minimum Gasteiger partial charge on any atom is -0.378 e. The van der Waals surface area contributed by atoms with Gasteiger partial charge in [-0.05, 0) is 43.4 Å². The van der Waals surface area contributed by atoms with E-state index in [1.165, 1.54) is 23.9 Å². The molecule has 2 aliphatic heterocycles. The quantitative estimate of drug-likeness (QED) is 0.656. The number of carbonyl (C=O) groups excluding carboxylic acids is 1. The summed E-state index contributed by atoms with van der Waals surface area (Å²) in [6, 6.07) is 6.39. The molecule has 2 aliphatic rings. The maximum atomic E-state index is 14.0. The molecule has 2 saturated heterocycles. The van der Waals surface area contributed by atoms with E-state index in [0.29, 0.717) is 54.9 Å². The van der Waals surface area contributed by atoms with Crippen molar-refractivity contribution in [3.63, 3.8) is 0 Å². The van der Waals surface area contributed by atoms with Crippen molar-refractivity contribution in [2.24, 2.45) is 11.8 Å². The van der Waals surface area contributed by atoms with E-state index in [4.69, 9.17) is 4.74 Å². The molecular formula is C22H30FN5O2S. The standard InChI is InChI=1S/C22H30FN5O2S/c1-15-11-16(2)14-27(13-15)20(29)17(3)31-22-25-24-21(26-7-9-30-10-8-26)28(22)19-6-4-5-18(23)12-19/h4-6,12,15-17H,7-11,13-14H2,1-3H3. The van der Waals surface area contributed by atoms with Crippen molar-refractivity contribution in [2.75, 3.05) is 44.3 Å². The number of halogens is 1. The third-order valence-electron chi connectivity index (χ3n) is 5.79. The van der Waals surface area contributed by atoms with Crippen molar-refractivity contribution in [3.8, 4) is 5.69 Å². The van der Waals surface area contributed by atoms with E-state index in [-0.39, 0.29) is 17.0 Å². The SMILES string of the molecule is CC1CC(C)CN(C(=O)C(C)Sc2nnc(N3CCOCC3)n2-c2cccc(F)c2)C1. The first-order chi connectivity index (χ1) is 14.9. The number of rotatable bonds is 5. The van der Waals surface area contributed by atoms with Crippen molar-refractivity contribution in [1.82, 2.24) is 19.7 Å². The van der Waals surface area contributed by atoms with E-state index in [9.17, 15) is 9.18 Å². The summed E-state index contributed by atoms with van der Waals surface area (Å²) in [6.07, 6.45) is 1.15. The van der Waals surface area contributed by atoms with Crippen LogP contribution in [0, 0.1) is 17.7 Å². The van der Waals surface area contributed by atoms with Gasteiger partial charge in [0.25, 0.3) is 0 Å². The van der Waals surface area contributed by atoms with E-state index >= 15 is 0 Å². The van der Waals surface area contributed by atoms with Gasteiger partial charge in [0.1, 0.15) is 5.82 Å². The summed E-state index contributed by atoms with van der Waals surface area (Å²) in [6.45, 7) is 10.5. The lowest BCUT2D eigenvalue weighted by Gasteiger charge is -2.36. The highest BCUT2D eigenvalue weighted by Gasteiger charge is 2.30. The molecule has 3 heterocycles. The molecule has 0 aliphatic carbocycles. The van der Waals surface area contributed by atoms with Crippen LogP contribution < -0.4 is 4.90 Å². The number of hydrogen-bond donors (Lipinski definition) is 0. The molecule has 7 nitrogen and oxygen atoms in total. The Bertz CT molecular complexity index is 907. The number of piperidine rings is 1. The highest BCUT2D eigenvalue weighted by molar-refractivity contribution is 8.00. The Morgan fingerprint density at radius 1 is 1.19 bits per heavy atom. The minimum absolute atomic E-state index is 0.116. The van der Waals surface area contributed by atoms with E-state index in [0.717, 1.165) is 19.5 Å². The van der Waals surface area contributed by atoms with Gasteiger partial charge in [0.15, 0.2) is 5.16 Å². The molecule has 168 valence electrons. The van der Waals surface area contributed by atoms with Crippen molar-refractivity contribution >= 4 is 23.6 Å². The lowest BCUT2D eigenvalue weighted by Crippen LogP contribution is -2.45. The summed E-state index contributed by atoms with van der Waals surface area (Å²) in [5.74, 6) is 1.46. The Balaban J connectivity index is 1.60. The Morgan fingerprint density at radius 3 is 2.58 bits per heavy atom. The molecule has 1 aromatic heterocycles. The van der Waals surface area contributed by atoms with Gasteiger partial charge in [0.05, 0.1) is 24.2 Å². The first-order valence-corrected chi connectivity index (χ1v) is 11.8. The second-order valence-corrected chi connectivity index (χ2v) is 9.95. The second kappa shape index (κ2) is 9.56. The zero-order valence-electron chi connectivity index (χ0n) is 18.3. The molecule has 0 radical (unpaired) electrons. The molecule has 4 rings (SSSR count). The van der Waals surface area contributed by atoms with Crippen LogP contribution >= 0.6 is 11.8 Å². The van der Waals surface area contributed by atoms with Crippen LogP contribution in [0.5, 0.6) is 0 Å². The van der Waals surface area contributed by atoms with Gasteiger partial charge in [-0.2, -0.15) is 0 Å². The van der Waals surface area contributed by atoms with Gasteiger partial charge < -0.3 is 14.5 Å². The predicted octanol–water partition coefficient (Wildman–Crippen LogP) is 3.23. The third kappa shape index (κ3) is 5.03. The van der Waals surface area contributed by atoms with Crippen LogP contribution in [0.3, 0.4) is 0 Å². The monoisotopic (exact) mass is 447 g/mol. The third-order valence-corrected chi connectivity index (χ3v) is 6.82. The first kappa shape index (κ1) is 22.1. The number of thioether (sulfide) groups is 1. The van der Waals surface area contributed by atoms with E-state index in [2.05, 4.69) is 28.9 Å². The fraction of sp³-hybridized carbons (Fsp3) is 0.591. The van der Waals surface area contributed by atoms with Crippen LogP contribution in [0.4, 0.5) is 10.3 Å². The molecule has 2 fully saturated rings. The first-order valence-electron chi connectivity index (χ1n) is 10.9. The highest BCUT2D eigenvalue weighted by Crippen LogP contribution is 2.31. The number of likely N-dealkylation sites (tertiary alicyclic amines) is 1. The van der Waals surface area contributed by atoms with Gasteiger partial charge in [0, 0.05) is 26.2 Å². The number of anilines is 1. The van der Waals surface area contributed by atoms with Crippen LogP contribution in [0.1, 0.15) is 27.2 Å². The molecule has 3 atom stereocenters. The van der Waals surface area contributed by atoms with Crippen molar-refractivity contribution in [2.45, 2.75) is 37.6 Å². The molecule has 2 aromatic rings. The largest absolute Gasteiger partial charge is 0.378 e. The topological polar surface area (TPSA) is 63.5 Å². The van der Waals surface area contributed by atoms with E-state index in [1.54, 1.807) is 6.07 Å². The van der Waals surface area contributed by atoms with Crippen LogP contribution in [-0.2, 0) is 9.53 Å². The summed E-state index contributed by atoms with van der Waals surface area (Å²) in [5, 5.41) is 9.08. The van der Waals surface area contributed by atoms with Gasteiger partial charge in [0.2, 0.25) is 11.9 Å². The molecule has 9 heteroatoms. The fourth-order valence-electron chi connectivity index (χ4n) is 4.46. The van der Waals surface area contributed by atoms with Gasteiger partial charge in [-0.15, -0.1) is 10.2 Å². The smallest absolute Gasteiger partial charge is 0.235 e. The highest BCUT2D eigenvalue weighted by atomic mass is 32.2. The van der Waals surface area contributed by atoms with Gasteiger partial charge in [-0.1, -0.05) is 31.7 Å². The number of benzene rings is 1. The van der Waals surface area contributed by atoms with Crippen molar-refractivity contribution < 1.29 is 13.9 Å². The number of carbonyl (C=O) groups is 1. The molecule has 31 heavy (non-hydrogen) atoms. The second-order valence-electron chi connectivity index (χ2n) is 8.65. The van der Waals surface area contributed by atoms with Gasteiger partial charge in [-0.3, -0.25) is 9.36 Å². The summed E-state index contributed by atoms with van der Waals surface area (Å²) in [7, 11) is 0. The lowest BCUT2D eigenvalue weighted by molar-refractivity contribution is -0.132. The summed E-state index contributed by atoms with van der Waals surface area (Å²) >= 11 is 1.38. The zero-order chi connectivity index (χ0) is 22.0. The summed E-state index contributed by atoms with van der Waals surface area (Å²) in [4.78, 5) is 17.2. The molecule has 0 saturated carbocycles. The summed E-state index contributed by atoms with van der Waals surface area (Å²) < 4.78 is 21.3. The van der Waals surface area contributed by atoms with Gasteiger partial charge in [-0.25, -0.2) is 4.39 Å². The van der Waals surface area contributed by atoms with Crippen molar-refractivity contribution in [3.05, 3.63) is 30.1 Å². The number of nitrogens with zero attached hydrogens (tertiary/aromatic N) is 5. The Labute approximate surface area is 186 Å². The molecule has 1 amide bonds. The fourth-order valence-corrected chi connectivity index (χ4v) is 5.40. The maximum Gasteiger partial charge on any atom is 0.235 e. The minimum atomic E-state index is -0.324. The number of amides is 1. The van der Waals surface area contributed by atoms with Gasteiger partial charge >= 0.3 is 0 Å². The molecule has 0 bridgehead atoms. The van der Waals surface area contributed by atoms with Crippen LogP contribution in [0.2, 0.25) is 0 Å². The number of aromatic nitrogens is 3. The van der Waals surface area contributed by atoms with E-state index in [1.807, 2.05) is 22.5 Å². The van der Waals surface area contributed by atoms with Crippen LogP contribution in [-0.4, -0.2) is 70.2 Å². The molecule has 0 N–H and O–H groups in total. The molecular weight excluding hydrogens is 417 g/mol. The van der Waals surface area contributed by atoms with E-state index < -0.39 is 0 Å². The Kier molecular flexibility index (Phi) is 6.81. The maximum absolute atomic E-state index is 14.0. The number of ether oxygens (including phenoxy) is 1. The lowest BCUT2D eigenvalue weighted by atomic mass is 9.92. The number of morpholine rings is 1. The average Bonchev–Trinajstić information content (AvgIpc) is 3.16. The number of hydrogen-bond acceptors (Lipinski definition) is 6. The Hall–Kier alpha value is -2.13. The van der Waals surface area contributed by atoms with Crippen LogP contribution in [0.15, 0.2) is 29.4 Å². The normalized spacial score (nSPS) is 23.1. The van der Waals surface area contributed by atoms with Crippen molar-refractivity contribution in [1.29, 1.82) is 0 Å². The molecule has 0 spiro atoms. The summed E-state index contributed by atoms with van der Waals surface area (Å²) in [5.41, 5.74) is 0.647. The zero-order valence-corrected chi connectivity index (χ0v) is 19.1. The molecule has 3 unspecified atom stereocenters. The Morgan fingerprint density at radius 2 is 1.90 bits per heavy atom. The molecule has 1 aromatic carbocycles.